The Morgan fingerprint density at radius 3 is 2.70 bits per heavy atom. The molecule has 0 aromatic carbocycles. The lowest BCUT2D eigenvalue weighted by Crippen LogP contribution is -2.24. The van der Waals surface area contributed by atoms with E-state index in [0.717, 1.165) is 11.1 Å². The van der Waals surface area contributed by atoms with Crippen LogP contribution in [0.4, 0.5) is 5.82 Å². The number of nitrogens with zero attached hydrogens (tertiary/aromatic N) is 4. The molecule has 0 radical (unpaired) electrons. The summed E-state index contributed by atoms with van der Waals surface area (Å²) in [6.45, 7) is 10.7. The van der Waals surface area contributed by atoms with Gasteiger partial charge >= 0.3 is 11.9 Å². The van der Waals surface area contributed by atoms with Crippen LogP contribution in [-0.2, 0) is 28.8 Å². The van der Waals surface area contributed by atoms with Crippen LogP contribution in [0.2, 0.25) is 0 Å². The molecule has 0 amide bonds. The number of aromatic nitrogens is 4. The number of allylic oxidation sites excluding steroid dienone is 9. The first-order chi connectivity index (χ1) is 22.0. The monoisotopic (exact) mass is 635 g/mol. The summed E-state index contributed by atoms with van der Waals surface area (Å²) in [5.74, 6) is -1.07. The Balaban J connectivity index is 1.18. The largest absolute Gasteiger partial charge is 0.461 e. The Hall–Kier alpha value is -4.13. The van der Waals surface area contributed by atoms with Gasteiger partial charge in [0.15, 0.2) is 23.8 Å². The predicted molar refractivity (Wildman–Crippen MR) is 173 cm³/mol. The summed E-state index contributed by atoms with van der Waals surface area (Å²) in [4.78, 5) is 47.2. The van der Waals surface area contributed by atoms with E-state index < -0.39 is 30.4 Å². The van der Waals surface area contributed by atoms with Gasteiger partial charge in [0.2, 0.25) is 0 Å². The SMILES string of the molecule is CC1=C(/C=C/C(C)=C/C=C/C(C)=C/COC(=O)CCC(=O)OO[C@@H]2C[C@@H](CO)O[C@H]2n2cnc3c(N)ncnc32)C(C)(C)CCC1. The summed E-state index contributed by atoms with van der Waals surface area (Å²) in [7, 11) is 0. The van der Waals surface area contributed by atoms with Crippen molar-refractivity contribution in [2.45, 2.75) is 91.6 Å². The molecule has 2 aromatic rings. The molecule has 3 N–H and O–H groups in total. The van der Waals surface area contributed by atoms with Gasteiger partial charge in [-0.25, -0.2) is 19.7 Å². The molecule has 3 heterocycles. The molecule has 4 rings (SSSR count). The topological polar surface area (TPSA) is 161 Å². The highest BCUT2D eigenvalue weighted by molar-refractivity contribution is 5.81. The van der Waals surface area contributed by atoms with Gasteiger partial charge in [-0.1, -0.05) is 60.9 Å². The number of ether oxygens (including phenoxy) is 2. The van der Waals surface area contributed by atoms with Crippen molar-refractivity contribution in [2.75, 3.05) is 18.9 Å². The van der Waals surface area contributed by atoms with E-state index in [1.165, 1.54) is 43.1 Å². The lowest BCUT2D eigenvalue weighted by molar-refractivity contribution is -0.309. The molecular weight excluding hydrogens is 590 g/mol. The zero-order chi connectivity index (χ0) is 33.3. The Kier molecular flexibility index (Phi) is 12.0. The number of hydrogen-bond acceptors (Lipinski definition) is 11. The Morgan fingerprint density at radius 1 is 1.15 bits per heavy atom. The minimum Gasteiger partial charge on any atom is -0.461 e. The number of anilines is 1. The molecule has 46 heavy (non-hydrogen) atoms. The molecule has 12 nitrogen and oxygen atoms in total. The number of nitrogens with two attached hydrogens (primary N) is 1. The van der Waals surface area contributed by atoms with Crippen molar-refractivity contribution in [2.24, 2.45) is 5.41 Å². The Morgan fingerprint density at radius 2 is 1.93 bits per heavy atom. The molecule has 0 unspecified atom stereocenters. The van der Waals surface area contributed by atoms with E-state index in [9.17, 15) is 14.7 Å². The molecule has 0 spiro atoms. The van der Waals surface area contributed by atoms with Crippen LogP contribution in [-0.4, -0.2) is 62.0 Å². The average Bonchev–Trinajstić information content (AvgIpc) is 3.63. The Bertz CT molecular complexity index is 1550. The van der Waals surface area contributed by atoms with Gasteiger partial charge in [0, 0.05) is 6.42 Å². The molecular formula is C34H45N5O7. The third-order valence-corrected chi connectivity index (χ3v) is 8.23. The number of hydrogen-bond donors (Lipinski definition) is 2. The minimum absolute atomic E-state index is 0.0856. The first-order valence-corrected chi connectivity index (χ1v) is 15.6. The van der Waals surface area contributed by atoms with Crippen LogP contribution in [0.1, 0.15) is 79.4 Å². The lowest BCUT2D eigenvalue weighted by Gasteiger charge is -2.32. The fourth-order valence-corrected chi connectivity index (χ4v) is 5.62. The van der Waals surface area contributed by atoms with Gasteiger partial charge < -0.3 is 20.3 Å². The van der Waals surface area contributed by atoms with E-state index in [1.807, 2.05) is 25.2 Å². The third-order valence-electron chi connectivity index (χ3n) is 8.23. The number of aliphatic hydroxyl groups excluding tert-OH is 1. The second kappa shape index (κ2) is 15.9. The first-order valence-electron chi connectivity index (χ1n) is 15.6. The van der Waals surface area contributed by atoms with Crippen LogP contribution < -0.4 is 5.73 Å². The number of nitrogen functional groups attached to an aromatic ring is 1. The molecule has 2 aliphatic rings. The van der Waals surface area contributed by atoms with Crippen LogP contribution in [0.5, 0.6) is 0 Å². The molecule has 1 aliphatic carbocycles. The van der Waals surface area contributed by atoms with Crippen LogP contribution in [0, 0.1) is 5.41 Å². The van der Waals surface area contributed by atoms with E-state index in [1.54, 1.807) is 10.6 Å². The van der Waals surface area contributed by atoms with Crippen LogP contribution in [0.25, 0.3) is 11.2 Å². The van der Waals surface area contributed by atoms with Gasteiger partial charge in [-0.15, -0.1) is 0 Å². The number of rotatable bonds is 13. The zero-order valence-corrected chi connectivity index (χ0v) is 27.3. The average molecular weight is 636 g/mol. The highest BCUT2D eigenvalue weighted by atomic mass is 17.2. The molecule has 0 saturated carbocycles. The minimum atomic E-state index is -0.787. The van der Waals surface area contributed by atoms with E-state index >= 15 is 0 Å². The van der Waals surface area contributed by atoms with Crippen molar-refractivity contribution in [1.29, 1.82) is 0 Å². The summed E-state index contributed by atoms with van der Waals surface area (Å²) in [6.07, 6.45) is 16.3. The number of carbonyl (C=O) groups is 2. The fourth-order valence-electron chi connectivity index (χ4n) is 5.62. The Labute approximate surface area is 269 Å². The number of esters is 1. The van der Waals surface area contributed by atoms with Crippen molar-refractivity contribution < 1.29 is 33.9 Å². The summed E-state index contributed by atoms with van der Waals surface area (Å²) in [6, 6.07) is 0. The highest BCUT2D eigenvalue weighted by Crippen LogP contribution is 2.41. The van der Waals surface area contributed by atoms with E-state index in [4.69, 9.17) is 25.0 Å². The van der Waals surface area contributed by atoms with Crippen molar-refractivity contribution >= 4 is 28.9 Å². The maximum atomic E-state index is 12.3. The molecule has 248 valence electrons. The van der Waals surface area contributed by atoms with E-state index in [0.29, 0.717) is 11.2 Å². The third kappa shape index (κ3) is 9.21. The second-order valence-corrected chi connectivity index (χ2v) is 12.4. The number of carbonyl (C=O) groups excluding carboxylic acids is 2. The normalized spacial score (nSPS) is 22.3. The van der Waals surface area contributed by atoms with Crippen molar-refractivity contribution in [1.82, 2.24) is 19.5 Å². The van der Waals surface area contributed by atoms with Gasteiger partial charge in [0.05, 0.1) is 31.9 Å². The van der Waals surface area contributed by atoms with Gasteiger partial charge in [0.25, 0.3) is 0 Å². The van der Waals surface area contributed by atoms with E-state index in [-0.39, 0.29) is 43.7 Å². The molecule has 12 heteroatoms. The second-order valence-electron chi connectivity index (χ2n) is 12.4. The zero-order valence-electron chi connectivity index (χ0n) is 27.3. The molecule has 0 bridgehead atoms. The predicted octanol–water partition coefficient (Wildman–Crippen LogP) is 5.39. The number of aliphatic hydroxyl groups is 1. The smallest absolute Gasteiger partial charge is 0.342 e. The maximum absolute atomic E-state index is 12.3. The summed E-state index contributed by atoms with van der Waals surface area (Å²) >= 11 is 0. The molecule has 1 fully saturated rings. The van der Waals surface area contributed by atoms with Gasteiger partial charge in [-0.05, 0) is 57.1 Å². The number of imidazole rings is 1. The van der Waals surface area contributed by atoms with Gasteiger partial charge in [-0.3, -0.25) is 14.2 Å². The van der Waals surface area contributed by atoms with Crippen molar-refractivity contribution in [3.8, 4) is 0 Å². The van der Waals surface area contributed by atoms with Crippen LogP contribution in [0.15, 0.2) is 71.4 Å². The summed E-state index contributed by atoms with van der Waals surface area (Å²) in [5.41, 5.74) is 11.9. The summed E-state index contributed by atoms with van der Waals surface area (Å²) < 4.78 is 12.7. The van der Waals surface area contributed by atoms with E-state index in [2.05, 4.69) is 54.8 Å². The van der Waals surface area contributed by atoms with Gasteiger partial charge in [0.1, 0.15) is 18.5 Å². The van der Waals surface area contributed by atoms with Crippen molar-refractivity contribution in [3.05, 3.63) is 71.4 Å². The molecule has 2 aromatic heterocycles. The van der Waals surface area contributed by atoms with Crippen LogP contribution >= 0.6 is 0 Å². The standard InChI is InChI=1S/C34H45N5O7/c1-22(11-12-26-24(3)10-7-16-34(26,4)5)8-6-9-23(2)15-17-43-28(41)13-14-29(42)46-45-27-18-25(19-40)44-33(27)39-21-38-30-31(35)36-20-37-32(30)39/h6,8-9,11-12,15,20-21,25,27,33,40H,7,10,13-14,16-19H2,1-5H3,(H2,35,36,37)/b9-6+,12-11+,22-8+,23-15+/t25-,27+,33+/m0/s1. The molecule has 1 aliphatic heterocycles. The molecule has 3 atom stereocenters. The maximum Gasteiger partial charge on any atom is 0.342 e. The summed E-state index contributed by atoms with van der Waals surface area (Å²) in [5, 5.41) is 9.61. The van der Waals surface area contributed by atoms with Crippen LogP contribution in [0.3, 0.4) is 0 Å². The lowest BCUT2D eigenvalue weighted by atomic mass is 9.72. The quantitative estimate of drug-likeness (QED) is 0.126. The first kappa shape index (κ1) is 34.7. The van der Waals surface area contributed by atoms with Crippen molar-refractivity contribution in [3.63, 3.8) is 0 Å². The number of fused-ring (bicyclic) bond motifs is 1. The highest BCUT2D eigenvalue weighted by Gasteiger charge is 2.40. The molecule has 1 saturated heterocycles. The fraction of sp³-hybridized carbons (Fsp3) is 0.500. The van der Waals surface area contributed by atoms with Gasteiger partial charge in [-0.2, -0.15) is 4.89 Å².